The fourth-order valence-electron chi connectivity index (χ4n) is 1.15. The summed E-state index contributed by atoms with van der Waals surface area (Å²) < 4.78 is 37.6. The standard InChI is InChI=1S/C8H6F3N3O/c9-8(10,11)7(15)5-4-6-12-2-1-3-14(6)13-5/h1-4,7,15H/t7-/m0/s1. The van der Waals surface area contributed by atoms with Crippen LogP contribution >= 0.6 is 0 Å². The van der Waals surface area contributed by atoms with Crippen molar-refractivity contribution < 1.29 is 18.3 Å². The molecular weight excluding hydrogens is 211 g/mol. The van der Waals surface area contributed by atoms with E-state index in [-0.39, 0.29) is 5.65 Å². The van der Waals surface area contributed by atoms with E-state index in [1.165, 1.54) is 23.0 Å². The van der Waals surface area contributed by atoms with Gasteiger partial charge in [0.05, 0.1) is 0 Å². The normalized spacial score (nSPS) is 14.4. The highest BCUT2D eigenvalue weighted by molar-refractivity contribution is 5.39. The Morgan fingerprint density at radius 2 is 2.13 bits per heavy atom. The first kappa shape index (κ1) is 9.91. The van der Waals surface area contributed by atoms with Gasteiger partial charge in [-0.2, -0.15) is 18.3 Å². The number of halogens is 3. The van der Waals surface area contributed by atoms with Crippen LogP contribution in [0, 0.1) is 0 Å². The van der Waals surface area contributed by atoms with E-state index in [0.29, 0.717) is 0 Å². The average Bonchev–Trinajstić information content (AvgIpc) is 2.58. The molecule has 7 heteroatoms. The number of nitrogens with zero attached hydrogens (tertiary/aromatic N) is 3. The van der Waals surface area contributed by atoms with Crippen molar-refractivity contribution in [1.29, 1.82) is 0 Å². The average molecular weight is 217 g/mol. The molecular formula is C8H6F3N3O. The van der Waals surface area contributed by atoms with E-state index in [1.54, 1.807) is 0 Å². The molecule has 0 fully saturated rings. The topological polar surface area (TPSA) is 50.4 Å². The molecule has 0 radical (unpaired) electrons. The lowest BCUT2D eigenvalue weighted by Gasteiger charge is -2.10. The second-order valence-corrected chi connectivity index (χ2v) is 2.94. The largest absolute Gasteiger partial charge is 0.420 e. The Morgan fingerprint density at radius 1 is 1.40 bits per heavy atom. The molecule has 2 heterocycles. The zero-order valence-corrected chi connectivity index (χ0v) is 7.31. The summed E-state index contributed by atoms with van der Waals surface area (Å²) in [6.07, 6.45) is -4.40. The van der Waals surface area contributed by atoms with Gasteiger partial charge in [0.2, 0.25) is 0 Å². The Kier molecular flexibility index (Phi) is 2.11. The van der Waals surface area contributed by atoms with Crippen molar-refractivity contribution in [3.8, 4) is 0 Å². The quantitative estimate of drug-likeness (QED) is 0.783. The SMILES string of the molecule is O[C@@H](c1cc2ncccn2n1)C(F)(F)F. The maximum absolute atomic E-state index is 12.1. The molecule has 0 amide bonds. The minimum Gasteiger partial charge on any atom is -0.378 e. The Balaban J connectivity index is 2.45. The summed E-state index contributed by atoms with van der Waals surface area (Å²) in [7, 11) is 0. The molecule has 15 heavy (non-hydrogen) atoms. The molecule has 2 rings (SSSR count). The third kappa shape index (κ3) is 1.78. The predicted molar refractivity (Wildman–Crippen MR) is 44.0 cm³/mol. The van der Waals surface area contributed by atoms with E-state index in [2.05, 4.69) is 10.1 Å². The minimum atomic E-state index is -4.71. The molecule has 1 atom stereocenters. The Hall–Kier alpha value is -1.63. The summed E-state index contributed by atoms with van der Waals surface area (Å²) in [5, 5.41) is 12.5. The van der Waals surface area contributed by atoms with Crippen LogP contribution in [-0.4, -0.2) is 25.9 Å². The van der Waals surface area contributed by atoms with Crippen LogP contribution in [0.25, 0.3) is 5.65 Å². The highest BCUT2D eigenvalue weighted by Gasteiger charge is 2.41. The molecule has 0 saturated carbocycles. The first-order valence-electron chi connectivity index (χ1n) is 4.03. The number of aliphatic hydroxyl groups is 1. The number of hydrogen-bond acceptors (Lipinski definition) is 3. The highest BCUT2D eigenvalue weighted by Crippen LogP contribution is 2.31. The van der Waals surface area contributed by atoms with Crippen molar-refractivity contribution >= 4 is 5.65 Å². The number of hydrogen-bond donors (Lipinski definition) is 1. The number of aliphatic hydroxyl groups excluding tert-OH is 1. The van der Waals surface area contributed by atoms with Gasteiger partial charge >= 0.3 is 6.18 Å². The number of aromatic nitrogens is 3. The van der Waals surface area contributed by atoms with Crippen molar-refractivity contribution in [3.05, 3.63) is 30.2 Å². The molecule has 0 aliphatic rings. The molecule has 2 aromatic rings. The zero-order chi connectivity index (χ0) is 11.1. The van der Waals surface area contributed by atoms with Gasteiger partial charge in [0.15, 0.2) is 11.8 Å². The zero-order valence-electron chi connectivity index (χ0n) is 7.31. The van der Waals surface area contributed by atoms with Crippen LogP contribution in [0.2, 0.25) is 0 Å². The van der Waals surface area contributed by atoms with Gasteiger partial charge in [0.1, 0.15) is 5.69 Å². The van der Waals surface area contributed by atoms with Crippen molar-refractivity contribution in [1.82, 2.24) is 14.6 Å². The second kappa shape index (κ2) is 3.20. The molecule has 0 saturated heterocycles. The van der Waals surface area contributed by atoms with Crippen LogP contribution in [0.4, 0.5) is 13.2 Å². The van der Waals surface area contributed by atoms with Gasteiger partial charge in [-0.3, -0.25) is 0 Å². The Morgan fingerprint density at radius 3 is 2.73 bits per heavy atom. The maximum Gasteiger partial charge on any atom is 0.420 e. The van der Waals surface area contributed by atoms with Gasteiger partial charge in [0, 0.05) is 18.5 Å². The molecule has 80 valence electrons. The van der Waals surface area contributed by atoms with E-state index in [4.69, 9.17) is 5.11 Å². The first-order valence-corrected chi connectivity index (χ1v) is 4.03. The van der Waals surface area contributed by atoms with E-state index in [9.17, 15) is 13.2 Å². The van der Waals surface area contributed by atoms with Gasteiger partial charge in [-0.15, -0.1) is 0 Å². The number of alkyl halides is 3. The monoisotopic (exact) mass is 217 g/mol. The van der Waals surface area contributed by atoms with Gasteiger partial charge in [-0.1, -0.05) is 0 Å². The van der Waals surface area contributed by atoms with Crippen LogP contribution in [0.1, 0.15) is 11.8 Å². The van der Waals surface area contributed by atoms with Crippen LogP contribution in [0.3, 0.4) is 0 Å². The molecule has 0 bridgehead atoms. The van der Waals surface area contributed by atoms with Crippen molar-refractivity contribution in [2.45, 2.75) is 12.3 Å². The van der Waals surface area contributed by atoms with Gasteiger partial charge in [0.25, 0.3) is 0 Å². The number of fused-ring (bicyclic) bond motifs is 1. The highest BCUT2D eigenvalue weighted by atomic mass is 19.4. The van der Waals surface area contributed by atoms with E-state index >= 15 is 0 Å². The summed E-state index contributed by atoms with van der Waals surface area (Å²) in [6.45, 7) is 0. The third-order valence-corrected chi connectivity index (χ3v) is 1.85. The van der Waals surface area contributed by atoms with Crippen LogP contribution in [-0.2, 0) is 0 Å². The third-order valence-electron chi connectivity index (χ3n) is 1.85. The summed E-state index contributed by atoms with van der Waals surface area (Å²) in [5.41, 5.74) is -0.197. The second-order valence-electron chi connectivity index (χ2n) is 2.94. The molecule has 0 spiro atoms. The lowest BCUT2D eigenvalue weighted by atomic mass is 10.2. The van der Waals surface area contributed by atoms with E-state index in [1.807, 2.05) is 0 Å². The van der Waals surface area contributed by atoms with Crippen LogP contribution in [0.5, 0.6) is 0 Å². The summed E-state index contributed by atoms with van der Waals surface area (Å²) >= 11 is 0. The fraction of sp³-hybridized carbons (Fsp3) is 0.250. The van der Waals surface area contributed by atoms with E-state index < -0.39 is 18.0 Å². The number of rotatable bonds is 1. The lowest BCUT2D eigenvalue weighted by Crippen LogP contribution is -2.20. The lowest BCUT2D eigenvalue weighted by molar-refractivity contribution is -0.208. The molecule has 0 aromatic carbocycles. The molecule has 4 nitrogen and oxygen atoms in total. The summed E-state index contributed by atoms with van der Waals surface area (Å²) in [4.78, 5) is 3.79. The summed E-state index contributed by atoms with van der Waals surface area (Å²) in [5.74, 6) is 0. The van der Waals surface area contributed by atoms with Gasteiger partial charge in [-0.05, 0) is 6.07 Å². The smallest absolute Gasteiger partial charge is 0.378 e. The minimum absolute atomic E-state index is 0.260. The fourth-order valence-corrected chi connectivity index (χ4v) is 1.15. The van der Waals surface area contributed by atoms with Crippen molar-refractivity contribution in [3.63, 3.8) is 0 Å². The molecule has 0 aliphatic carbocycles. The first-order chi connectivity index (χ1) is 6.98. The Labute approximate surface area is 82.0 Å². The van der Waals surface area contributed by atoms with Gasteiger partial charge < -0.3 is 5.11 Å². The summed E-state index contributed by atoms with van der Waals surface area (Å²) in [6, 6.07) is 2.63. The van der Waals surface area contributed by atoms with Gasteiger partial charge in [-0.25, -0.2) is 9.50 Å². The van der Waals surface area contributed by atoms with Crippen molar-refractivity contribution in [2.24, 2.45) is 0 Å². The molecule has 1 N–H and O–H groups in total. The molecule has 2 aromatic heterocycles. The maximum atomic E-state index is 12.1. The van der Waals surface area contributed by atoms with E-state index in [0.717, 1.165) is 6.07 Å². The predicted octanol–water partition coefficient (Wildman–Crippen LogP) is 1.32. The van der Waals surface area contributed by atoms with Crippen LogP contribution in [0.15, 0.2) is 24.5 Å². The van der Waals surface area contributed by atoms with Crippen molar-refractivity contribution in [2.75, 3.05) is 0 Å². The molecule has 0 unspecified atom stereocenters. The Bertz CT molecular complexity index is 446. The molecule has 0 aliphatic heterocycles. The van der Waals surface area contributed by atoms with Crippen LogP contribution < -0.4 is 0 Å².